The number of nitrogens with one attached hydrogen (secondary N) is 2. The van der Waals surface area contributed by atoms with E-state index in [9.17, 15) is 22.0 Å². The summed E-state index contributed by atoms with van der Waals surface area (Å²) in [6, 6.07) is 8.99. The third kappa shape index (κ3) is 3.76. The van der Waals surface area contributed by atoms with Gasteiger partial charge in [-0.15, -0.1) is 0 Å². The Morgan fingerprint density at radius 1 is 1.00 bits per heavy atom. The number of para-hydroxylation sites is 1. The second kappa shape index (κ2) is 5.88. The molecule has 2 aromatic carbocycles. The summed E-state index contributed by atoms with van der Waals surface area (Å²) in [6.07, 6.45) is 0. The van der Waals surface area contributed by atoms with Crippen LogP contribution in [-0.2, 0) is 10.0 Å². The molecule has 0 saturated carbocycles. The molecule has 0 saturated heterocycles. The molecule has 0 radical (unpaired) electrons. The Kier molecular flexibility index (Phi) is 4.18. The maximum atomic E-state index is 13.4. The number of benzene rings is 2. The van der Waals surface area contributed by atoms with E-state index in [1.165, 1.54) is 0 Å². The maximum Gasteiger partial charge on any atom is 0.333 e. The highest BCUT2D eigenvalue weighted by atomic mass is 32.2. The lowest BCUT2D eigenvalue weighted by molar-refractivity contribution is 0.256. The van der Waals surface area contributed by atoms with Crippen molar-refractivity contribution < 1.29 is 22.0 Å². The minimum Gasteiger partial charge on any atom is -0.307 e. The van der Waals surface area contributed by atoms with E-state index in [1.807, 2.05) is 0 Å². The molecule has 0 bridgehead atoms. The Hall–Kier alpha value is -2.48. The average molecular weight is 312 g/mol. The number of sulfonamides is 1. The molecule has 0 atom stereocenters. The number of hydrogen-bond acceptors (Lipinski definition) is 3. The lowest BCUT2D eigenvalue weighted by atomic mass is 10.3. The quantitative estimate of drug-likeness (QED) is 0.914. The van der Waals surface area contributed by atoms with Crippen molar-refractivity contribution in [3.8, 4) is 0 Å². The monoisotopic (exact) mass is 312 g/mol. The van der Waals surface area contributed by atoms with Gasteiger partial charge >= 0.3 is 6.03 Å². The van der Waals surface area contributed by atoms with Crippen molar-refractivity contribution in [2.45, 2.75) is 4.90 Å². The normalized spacial score (nSPS) is 11.0. The molecule has 0 aliphatic heterocycles. The predicted molar refractivity (Wildman–Crippen MR) is 72.1 cm³/mol. The van der Waals surface area contributed by atoms with Gasteiger partial charge in [-0.2, -0.15) is 0 Å². The lowest BCUT2D eigenvalue weighted by Gasteiger charge is -2.09. The van der Waals surface area contributed by atoms with Gasteiger partial charge in [0.15, 0.2) is 0 Å². The van der Waals surface area contributed by atoms with E-state index in [4.69, 9.17) is 0 Å². The van der Waals surface area contributed by atoms with Gasteiger partial charge < -0.3 is 5.32 Å². The minimum atomic E-state index is -4.43. The fourth-order valence-electron chi connectivity index (χ4n) is 1.55. The van der Waals surface area contributed by atoms with E-state index in [0.29, 0.717) is 11.8 Å². The van der Waals surface area contributed by atoms with E-state index < -0.39 is 32.6 Å². The first-order chi connectivity index (χ1) is 9.88. The zero-order valence-corrected chi connectivity index (χ0v) is 11.3. The van der Waals surface area contributed by atoms with Gasteiger partial charge in [-0.3, -0.25) is 0 Å². The number of rotatable bonds is 3. The van der Waals surface area contributed by atoms with Crippen molar-refractivity contribution >= 4 is 21.7 Å². The van der Waals surface area contributed by atoms with Crippen LogP contribution < -0.4 is 10.0 Å². The van der Waals surface area contributed by atoms with Crippen LogP contribution in [0.3, 0.4) is 0 Å². The Labute approximate surface area is 119 Å². The summed E-state index contributed by atoms with van der Waals surface area (Å²) in [5.74, 6) is -2.20. The number of carbonyl (C=O) groups is 1. The van der Waals surface area contributed by atoms with E-state index in [0.717, 1.165) is 12.1 Å². The first kappa shape index (κ1) is 14.9. The van der Waals surface area contributed by atoms with Gasteiger partial charge in [-0.05, 0) is 24.3 Å². The summed E-state index contributed by atoms with van der Waals surface area (Å²) in [5, 5.41) is 2.27. The highest BCUT2D eigenvalue weighted by molar-refractivity contribution is 7.90. The van der Waals surface area contributed by atoms with Crippen LogP contribution in [0.15, 0.2) is 53.4 Å². The Bertz CT molecular complexity index is 764. The molecule has 0 spiro atoms. The Morgan fingerprint density at radius 2 is 1.67 bits per heavy atom. The molecule has 110 valence electrons. The molecule has 2 amide bonds. The van der Waals surface area contributed by atoms with Gasteiger partial charge in [0.2, 0.25) is 0 Å². The van der Waals surface area contributed by atoms with Crippen LogP contribution >= 0.6 is 0 Å². The first-order valence-corrected chi connectivity index (χ1v) is 7.21. The highest BCUT2D eigenvalue weighted by Gasteiger charge is 2.22. The number of hydrogen-bond donors (Lipinski definition) is 2. The first-order valence-electron chi connectivity index (χ1n) is 5.72. The largest absolute Gasteiger partial charge is 0.333 e. The molecule has 0 aliphatic carbocycles. The predicted octanol–water partition coefficient (Wildman–Crippen LogP) is 2.48. The number of urea groups is 1. The summed E-state index contributed by atoms with van der Waals surface area (Å²) in [5.41, 5.74) is 0.366. The highest BCUT2D eigenvalue weighted by Crippen LogP contribution is 2.15. The molecule has 2 rings (SSSR count). The molecule has 2 aromatic rings. The smallest absolute Gasteiger partial charge is 0.307 e. The fraction of sp³-hybridized carbons (Fsp3) is 0. The Balaban J connectivity index is 2.16. The van der Waals surface area contributed by atoms with Crippen molar-refractivity contribution in [2.24, 2.45) is 0 Å². The summed E-state index contributed by atoms with van der Waals surface area (Å²) in [6.45, 7) is 0. The molecule has 5 nitrogen and oxygen atoms in total. The van der Waals surface area contributed by atoms with E-state index in [2.05, 4.69) is 5.32 Å². The van der Waals surface area contributed by atoms with E-state index in [1.54, 1.807) is 35.1 Å². The van der Waals surface area contributed by atoms with Crippen LogP contribution in [0.25, 0.3) is 0 Å². The van der Waals surface area contributed by atoms with Crippen molar-refractivity contribution in [1.29, 1.82) is 0 Å². The maximum absolute atomic E-state index is 13.4. The number of anilines is 1. The summed E-state index contributed by atoms with van der Waals surface area (Å²) in [4.78, 5) is 10.8. The van der Waals surface area contributed by atoms with Crippen LogP contribution in [-0.4, -0.2) is 14.4 Å². The third-order valence-corrected chi connectivity index (χ3v) is 3.81. The second-order valence-electron chi connectivity index (χ2n) is 4.00. The SMILES string of the molecule is O=C(Nc1ccccc1)NS(=O)(=O)c1ccc(F)cc1F. The van der Waals surface area contributed by atoms with Crippen molar-refractivity contribution in [3.05, 3.63) is 60.2 Å². The van der Waals surface area contributed by atoms with E-state index >= 15 is 0 Å². The molecule has 8 heteroatoms. The van der Waals surface area contributed by atoms with Crippen LogP contribution in [0.4, 0.5) is 19.3 Å². The minimum absolute atomic E-state index is 0.366. The van der Waals surface area contributed by atoms with Gasteiger partial charge in [-0.1, -0.05) is 18.2 Å². The molecule has 0 heterocycles. The standard InChI is InChI=1S/C13H10F2N2O3S/c14-9-6-7-12(11(15)8-9)21(19,20)17-13(18)16-10-4-2-1-3-5-10/h1-8H,(H2,16,17,18). The molecule has 0 fully saturated rings. The molecular formula is C13H10F2N2O3S. The van der Waals surface area contributed by atoms with Gasteiger partial charge in [0.1, 0.15) is 16.5 Å². The fourth-order valence-corrected chi connectivity index (χ4v) is 2.52. The summed E-state index contributed by atoms with van der Waals surface area (Å²) in [7, 11) is -4.43. The van der Waals surface area contributed by atoms with Gasteiger partial charge in [0, 0.05) is 11.8 Å². The van der Waals surface area contributed by atoms with Crippen molar-refractivity contribution in [2.75, 3.05) is 5.32 Å². The number of halogens is 2. The summed E-state index contributed by atoms with van der Waals surface area (Å²) >= 11 is 0. The average Bonchev–Trinajstić information content (AvgIpc) is 2.38. The molecule has 0 unspecified atom stereocenters. The van der Waals surface area contributed by atoms with E-state index in [-0.39, 0.29) is 0 Å². The molecule has 0 aliphatic rings. The zero-order valence-electron chi connectivity index (χ0n) is 10.5. The van der Waals surface area contributed by atoms with Crippen molar-refractivity contribution in [1.82, 2.24) is 4.72 Å². The topological polar surface area (TPSA) is 75.3 Å². The second-order valence-corrected chi connectivity index (χ2v) is 5.65. The van der Waals surface area contributed by atoms with Crippen molar-refractivity contribution in [3.63, 3.8) is 0 Å². The van der Waals surface area contributed by atoms with Gasteiger partial charge in [0.25, 0.3) is 10.0 Å². The summed E-state index contributed by atoms with van der Waals surface area (Å²) < 4.78 is 51.5. The van der Waals surface area contributed by atoms with Crippen LogP contribution in [0.1, 0.15) is 0 Å². The van der Waals surface area contributed by atoms with Gasteiger partial charge in [0.05, 0.1) is 0 Å². The zero-order chi connectivity index (χ0) is 15.5. The van der Waals surface area contributed by atoms with Crippen LogP contribution in [0, 0.1) is 11.6 Å². The van der Waals surface area contributed by atoms with Crippen LogP contribution in [0.2, 0.25) is 0 Å². The van der Waals surface area contributed by atoms with Gasteiger partial charge in [-0.25, -0.2) is 26.7 Å². The third-order valence-electron chi connectivity index (χ3n) is 2.44. The lowest BCUT2D eigenvalue weighted by Crippen LogP contribution is -2.34. The van der Waals surface area contributed by atoms with Crippen LogP contribution in [0.5, 0.6) is 0 Å². The molecular weight excluding hydrogens is 302 g/mol. The molecule has 2 N–H and O–H groups in total. The molecule has 21 heavy (non-hydrogen) atoms. The Morgan fingerprint density at radius 3 is 2.29 bits per heavy atom. The molecule has 0 aromatic heterocycles. The number of carbonyl (C=O) groups excluding carboxylic acids is 1. The number of amides is 2.